The van der Waals surface area contributed by atoms with Gasteiger partial charge in [0.25, 0.3) is 0 Å². The predicted octanol–water partition coefficient (Wildman–Crippen LogP) is 1.99. The van der Waals surface area contributed by atoms with E-state index in [9.17, 15) is 14.0 Å². The fraction of sp³-hybridized carbons (Fsp3) is 0.429. The van der Waals surface area contributed by atoms with Crippen LogP contribution in [0.2, 0.25) is 0 Å². The Morgan fingerprint density at radius 1 is 1.32 bits per heavy atom. The van der Waals surface area contributed by atoms with Crippen molar-refractivity contribution in [2.45, 2.75) is 26.2 Å². The second-order valence-corrected chi connectivity index (χ2v) is 4.63. The SMILES string of the molecule is CC(CNC(=O)CCc1ccc(F)cc1)CC(=O)O. The van der Waals surface area contributed by atoms with Crippen LogP contribution >= 0.6 is 0 Å². The van der Waals surface area contributed by atoms with Crippen molar-refractivity contribution in [3.05, 3.63) is 35.6 Å². The van der Waals surface area contributed by atoms with Crippen molar-refractivity contribution < 1.29 is 19.1 Å². The Morgan fingerprint density at radius 2 is 1.95 bits per heavy atom. The molecule has 1 aromatic rings. The Hall–Kier alpha value is -1.91. The summed E-state index contributed by atoms with van der Waals surface area (Å²) in [6.45, 7) is 2.13. The van der Waals surface area contributed by atoms with Gasteiger partial charge in [0.05, 0.1) is 0 Å². The van der Waals surface area contributed by atoms with Gasteiger partial charge in [-0.3, -0.25) is 9.59 Å². The van der Waals surface area contributed by atoms with Gasteiger partial charge < -0.3 is 10.4 Å². The molecule has 0 spiro atoms. The molecule has 0 aliphatic heterocycles. The molecule has 19 heavy (non-hydrogen) atoms. The van der Waals surface area contributed by atoms with Gasteiger partial charge in [-0.05, 0) is 30.0 Å². The minimum Gasteiger partial charge on any atom is -0.481 e. The van der Waals surface area contributed by atoms with Crippen molar-refractivity contribution >= 4 is 11.9 Å². The second-order valence-electron chi connectivity index (χ2n) is 4.63. The van der Waals surface area contributed by atoms with Gasteiger partial charge in [-0.15, -0.1) is 0 Å². The van der Waals surface area contributed by atoms with Crippen molar-refractivity contribution in [3.8, 4) is 0 Å². The number of carboxylic acid groups (broad SMARTS) is 1. The molecule has 2 N–H and O–H groups in total. The number of carbonyl (C=O) groups excluding carboxylic acids is 1. The highest BCUT2D eigenvalue weighted by atomic mass is 19.1. The quantitative estimate of drug-likeness (QED) is 0.794. The highest BCUT2D eigenvalue weighted by Gasteiger charge is 2.09. The number of aryl methyl sites for hydroxylation is 1. The predicted molar refractivity (Wildman–Crippen MR) is 69.1 cm³/mol. The lowest BCUT2D eigenvalue weighted by Crippen LogP contribution is -2.29. The van der Waals surface area contributed by atoms with E-state index in [0.29, 0.717) is 19.4 Å². The molecule has 1 rings (SSSR count). The highest BCUT2D eigenvalue weighted by molar-refractivity contribution is 5.76. The van der Waals surface area contributed by atoms with Crippen LogP contribution in [0.25, 0.3) is 0 Å². The molecule has 0 aliphatic rings. The van der Waals surface area contributed by atoms with Crippen LogP contribution in [0.1, 0.15) is 25.3 Å². The number of amides is 1. The average Bonchev–Trinajstić information content (AvgIpc) is 2.35. The standard InChI is InChI=1S/C14H18FNO3/c1-10(8-14(18)19)9-16-13(17)7-4-11-2-5-12(15)6-3-11/h2-3,5-6,10H,4,7-9H2,1H3,(H,16,17)(H,18,19). The maximum absolute atomic E-state index is 12.7. The molecule has 0 aromatic heterocycles. The zero-order valence-corrected chi connectivity index (χ0v) is 10.9. The third-order valence-electron chi connectivity index (χ3n) is 2.72. The molecule has 1 amide bonds. The summed E-state index contributed by atoms with van der Waals surface area (Å²) in [5.74, 6) is -1.38. The number of rotatable bonds is 7. The number of nitrogens with one attached hydrogen (secondary N) is 1. The molecule has 104 valence electrons. The zero-order valence-electron chi connectivity index (χ0n) is 10.9. The number of carboxylic acids is 1. The summed E-state index contributed by atoms with van der Waals surface area (Å²) in [6, 6.07) is 6.02. The Balaban J connectivity index is 2.24. The number of benzene rings is 1. The fourth-order valence-electron chi connectivity index (χ4n) is 1.66. The molecule has 1 unspecified atom stereocenters. The number of hydrogen-bond donors (Lipinski definition) is 2. The molecule has 0 heterocycles. The maximum atomic E-state index is 12.7. The van der Waals surface area contributed by atoms with Crippen molar-refractivity contribution in [2.75, 3.05) is 6.54 Å². The van der Waals surface area contributed by atoms with Gasteiger partial charge in [-0.2, -0.15) is 0 Å². The molecule has 0 saturated carbocycles. The largest absolute Gasteiger partial charge is 0.481 e. The van der Waals surface area contributed by atoms with Crippen LogP contribution in [0.4, 0.5) is 4.39 Å². The molecule has 1 aromatic carbocycles. The smallest absolute Gasteiger partial charge is 0.303 e. The van der Waals surface area contributed by atoms with E-state index < -0.39 is 5.97 Å². The minimum atomic E-state index is -0.868. The van der Waals surface area contributed by atoms with Gasteiger partial charge in [-0.1, -0.05) is 19.1 Å². The van der Waals surface area contributed by atoms with Crippen LogP contribution < -0.4 is 5.32 Å². The van der Waals surface area contributed by atoms with E-state index in [-0.39, 0.29) is 24.1 Å². The molecule has 0 saturated heterocycles. The molecular formula is C14H18FNO3. The summed E-state index contributed by atoms with van der Waals surface area (Å²) in [5.41, 5.74) is 0.898. The summed E-state index contributed by atoms with van der Waals surface area (Å²) in [5, 5.41) is 11.3. The van der Waals surface area contributed by atoms with E-state index >= 15 is 0 Å². The van der Waals surface area contributed by atoms with Crippen LogP contribution in [-0.2, 0) is 16.0 Å². The second kappa shape index (κ2) is 7.51. The third-order valence-corrected chi connectivity index (χ3v) is 2.72. The van der Waals surface area contributed by atoms with Gasteiger partial charge in [0.15, 0.2) is 0 Å². The van der Waals surface area contributed by atoms with Crippen molar-refractivity contribution in [1.82, 2.24) is 5.32 Å². The summed E-state index contributed by atoms with van der Waals surface area (Å²) < 4.78 is 12.7. The van der Waals surface area contributed by atoms with Crippen LogP contribution in [0.5, 0.6) is 0 Å². The zero-order chi connectivity index (χ0) is 14.3. The van der Waals surface area contributed by atoms with Gasteiger partial charge in [0.1, 0.15) is 5.82 Å². The van der Waals surface area contributed by atoms with Gasteiger partial charge in [-0.25, -0.2) is 4.39 Å². The normalized spacial score (nSPS) is 11.9. The Morgan fingerprint density at radius 3 is 2.53 bits per heavy atom. The van der Waals surface area contributed by atoms with E-state index in [2.05, 4.69) is 5.32 Å². The van der Waals surface area contributed by atoms with Crippen LogP contribution in [0.15, 0.2) is 24.3 Å². The fourth-order valence-corrected chi connectivity index (χ4v) is 1.66. The molecular weight excluding hydrogens is 249 g/mol. The lowest BCUT2D eigenvalue weighted by molar-refractivity contribution is -0.138. The van der Waals surface area contributed by atoms with Crippen LogP contribution in [-0.4, -0.2) is 23.5 Å². The average molecular weight is 267 g/mol. The molecule has 0 fully saturated rings. The first-order valence-corrected chi connectivity index (χ1v) is 6.20. The van der Waals surface area contributed by atoms with E-state index in [4.69, 9.17) is 5.11 Å². The summed E-state index contributed by atoms with van der Waals surface area (Å²) in [4.78, 5) is 22.0. The molecule has 0 aliphatic carbocycles. The van der Waals surface area contributed by atoms with Gasteiger partial charge in [0, 0.05) is 19.4 Å². The molecule has 1 atom stereocenters. The Bertz CT molecular complexity index is 431. The molecule has 4 nitrogen and oxygen atoms in total. The van der Waals surface area contributed by atoms with Crippen molar-refractivity contribution in [1.29, 1.82) is 0 Å². The van der Waals surface area contributed by atoms with Crippen molar-refractivity contribution in [3.63, 3.8) is 0 Å². The monoisotopic (exact) mass is 267 g/mol. The van der Waals surface area contributed by atoms with Gasteiger partial charge >= 0.3 is 5.97 Å². The first-order chi connectivity index (χ1) is 8.97. The highest BCUT2D eigenvalue weighted by Crippen LogP contribution is 2.05. The number of carbonyl (C=O) groups is 2. The Labute approximate surface area is 111 Å². The summed E-state index contributed by atoms with van der Waals surface area (Å²) in [6.07, 6.45) is 0.892. The van der Waals surface area contributed by atoms with E-state index in [1.165, 1.54) is 12.1 Å². The third kappa shape index (κ3) is 6.55. The number of aliphatic carboxylic acids is 1. The molecule has 0 bridgehead atoms. The van der Waals surface area contributed by atoms with Gasteiger partial charge in [0.2, 0.25) is 5.91 Å². The Kier molecular flexibility index (Phi) is 5.99. The minimum absolute atomic E-state index is 0.0399. The molecule has 0 radical (unpaired) electrons. The number of halogens is 1. The first-order valence-electron chi connectivity index (χ1n) is 6.20. The van der Waals surface area contributed by atoms with E-state index in [0.717, 1.165) is 5.56 Å². The lowest BCUT2D eigenvalue weighted by atomic mass is 10.1. The first kappa shape index (κ1) is 15.1. The summed E-state index contributed by atoms with van der Waals surface area (Å²) in [7, 11) is 0. The molecule has 5 heteroatoms. The lowest BCUT2D eigenvalue weighted by Gasteiger charge is -2.10. The number of hydrogen-bond acceptors (Lipinski definition) is 2. The van der Waals surface area contributed by atoms with Crippen LogP contribution in [0.3, 0.4) is 0 Å². The van der Waals surface area contributed by atoms with Crippen molar-refractivity contribution in [2.24, 2.45) is 5.92 Å². The van der Waals surface area contributed by atoms with Crippen LogP contribution in [0, 0.1) is 11.7 Å². The summed E-state index contributed by atoms with van der Waals surface area (Å²) >= 11 is 0. The van der Waals surface area contributed by atoms with E-state index in [1.54, 1.807) is 19.1 Å². The topological polar surface area (TPSA) is 66.4 Å². The maximum Gasteiger partial charge on any atom is 0.303 e. The van der Waals surface area contributed by atoms with E-state index in [1.807, 2.05) is 0 Å².